The van der Waals surface area contributed by atoms with Crippen LogP contribution in [0.1, 0.15) is 25.8 Å². The lowest BCUT2D eigenvalue weighted by Crippen LogP contribution is -2.52. The molecule has 186 valence electrons. The van der Waals surface area contributed by atoms with E-state index in [1.807, 2.05) is 0 Å². The number of carbonyl (C=O) groups excluding carboxylic acids is 2. The molecule has 0 unspecified atom stereocenters. The second kappa shape index (κ2) is 12.3. The van der Waals surface area contributed by atoms with Crippen LogP contribution in [-0.2, 0) is 26.2 Å². The van der Waals surface area contributed by atoms with E-state index in [4.69, 9.17) is 46.4 Å². The van der Waals surface area contributed by atoms with Crippen LogP contribution >= 0.6 is 46.4 Å². The molecule has 2 amide bonds. The van der Waals surface area contributed by atoms with Gasteiger partial charge in [-0.2, -0.15) is 0 Å². The molecule has 0 saturated carbocycles. The monoisotopic (exact) mass is 567 g/mol. The fourth-order valence-corrected chi connectivity index (χ4v) is 5.01. The Labute approximate surface area is 220 Å². The maximum atomic E-state index is 13.5. The van der Waals surface area contributed by atoms with Gasteiger partial charge in [0.15, 0.2) is 0 Å². The third-order valence-corrected chi connectivity index (χ3v) is 7.20. The number of sulfonamides is 1. The average Bonchev–Trinajstić information content (AvgIpc) is 2.72. The number of hydrogen-bond donors (Lipinski definition) is 1. The van der Waals surface area contributed by atoms with Gasteiger partial charge in [0.2, 0.25) is 21.8 Å². The molecule has 0 bridgehead atoms. The van der Waals surface area contributed by atoms with Crippen LogP contribution in [0.25, 0.3) is 0 Å². The van der Waals surface area contributed by atoms with Gasteiger partial charge in [-0.1, -0.05) is 59.4 Å². The van der Waals surface area contributed by atoms with Gasteiger partial charge < -0.3 is 10.2 Å². The molecule has 0 spiro atoms. The van der Waals surface area contributed by atoms with Crippen molar-refractivity contribution in [1.82, 2.24) is 10.2 Å². The normalized spacial score (nSPS) is 12.2. The van der Waals surface area contributed by atoms with E-state index in [9.17, 15) is 18.0 Å². The fourth-order valence-electron chi connectivity index (χ4n) is 3.34. The van der Waals surface area contributed by atoms with Crippen molar-refractivity contribution in [3.63, 3.8) is 0 Å². The van der Waals surface area contributed by atoms with Crippen LogP contribution in [0.4, 0.5) is 5.69 Å². The number of rotatable bonds is 10. The van der Waals surface area contributed by atoms with Crippen molar-refractivity contribution in [2.45, 2.75) is 32.9 Å². The van der Waals surface area contributed by atoms with Crippen molar-refractivity contribution in [3.8, 4) is 0 Å². The number of nitrogens with one attached hydrogen (secondary N) is 1. The van der Waals surface area contributed by atoms with E-state index in [0.29, 0.717) is 28.6 Å². The second-order valence-electron chi connectivity index (χ2n) is 7.49. The van der Waals surface area contributed by atoms with Crippen molar-refractivity contribution < 1.29 is 18.0 Å². The molecule has 12 heteroatoms. The van der Waals surface area contributed by atoms with Gasteiger partial charge in [-0.15, -0.1) is 0 Å². The highest BCUT2D eigenvalue weighted by molar-refractivity contribution is 7.92. The molecular weight excluding hydrogens is 544 g/mol. The lowest BCUT2D eigenvalue weighted by molar-refractivity contribution is -0.140. The molecule has 0 aromatic heterocycles. The number of hydrogen-bond acceptors (Lipinski definition) is 4. The minimum Gasteiger partial charge on any atom is -0.355 e. The summed E-state index contributed by atoms with van der Waals surface area (Å²) in [6, 6.07) is 8.27. The van der Waals surface area contributed by atoms with E-state index in [1.165, 1.54) is 23.1 Å². The number of likely N-dealkylation sites (N-methyl/N-ethyl adjacent to an activating group) is 1. The molecule has 0 radical (unpaired) electrons. The van der Waals surface area contributed by atoms with E-state index in [0.717, 1.165) is 10.6 Å². The van der Waals surface area contributed by atoms with Gasteiger partial charge in [0.05, 0.1) is 22.0 Å². The number of carbonyl (C=O) groups is 2. The summed E-state index contributed by atoms with van der Waals surface area (Å²) >= 11 is 24.2. The predicted molar refractivity (Wildman–Crippen MR) is 138 cm³/mol. The number of nitrogens with zero attached hydrogens (tertiary/aromatic N) is 2. The van der Waals surface area contributed by atoms with E-state index in [1.54, 1.807) is 32.0 Å². The minimum absolute atomic E-state index is 0.0132. The van der Waals surface area contributed by atoms with Crippen molar-refractivity contribution >= 4 is 73.9 Å². The van der Waals surface area contributed by atoms with Gasteiger partial charge in [-0.05, 0) is 49.2 Å². The minimum atomic E-state index is -3.90. The van der Waals surface area contributed by atoms with E-state index < -0.39 is 28.5 Å². The zero-order valence-corrected chi connectivity index (χ0v) is 22.7. The molecule has 7 nitrogen and oxygen atoms in total. The highest BCUT2D eigenvalue weighted by Crippen LogP contribution is 2.28. The van der Waals surface area contributed by atoms with E-state index in [2.05, 4.69) is 5.32 Å². The Kier molecular flexibility index (Phi) is 10.3. The predicted octanol–water partition coefficient (Wildman–Crippen LogP) is 5.01. The molecule has 0 aliphatic carbocycles. The first-order chi connectivity index (χ1) is 15.9. The molecule has 34 heavy (non-hydrogen) atoms. The van der Waals surface area contributed by atoms with Crippen molar-refractivity contribution in [2.24, 2.45) is 0 Å². The maximum Gasteiger partial charge on any atom is 0.244 e. The van der Waals surface area contributed by atoms with Crippen LogP contribution in [0.2, 0.25) is 20.1 Å². The standard InChI is InChI=1S/C22H25Cl4N3O4S/c1-4-20(22(31)27-5-2)28(12-14-6-7-18(25)19(26)8-14)21(30)13-29(34(3,32)33)17-10-15(23)9-16(24)11-17/h6-11,20H,4-5,12-13H2,1-3H3,(H,27,31)/t20-/m0/s1. The van der Waals surface area contributed by atoms with Gasteiger partial charge in [0.25, 0.3) is 0 Å². The topological polar surface area (TPSA) is 86.8 Å². The molecule has 2 aromatic carbocycles. The second-order valence-corrected chi connectivity index (χ2v) is 11.1. The Morgan fingerprint density at radius 3 is 2.09 bits per heavy atom. The van der Waals surface area contributed by atoms with Crippen LogP contribution in [0.15, 0.2) is 36.4 Å². The Morgan fingerprint density at radius 1 is 0.971 bits per heavy atom. The summed E-state index contributed by atoms with van der Waals surface area (Å²) in [5.41, 5.74) is 0.760. The highest BCUT2D eigenvalue weighted by Gasteiger charge is 2.31. The lowest BCUT2D eigenvalue weighted by atomic mass is 10.1. The molecule has 0 saturated heterocycles. The number of halogens is 4. The Hall–Kier alpha value is -1.71. The quantitative estimate of drug-likeness (QED) is 0.436. The Bertz CT molecular complexity index is 1140. The smallest absolute Gasteiger partial charge is 0.244 e. The summed E-state index contributed by atoms with van der Waals surface area (Å²) in [6.45, 7) is 3.36. The van der Waals surface area contributed by atoms with Gasteiger partial charge in [0.1, 0.15) is 12.6 Å². The SMILES string of the molecule is CCNC(=O)[C@H](CC)N(Cc1ccc(Cl)c(Cl)c1)C(=O)CN(c1cc(Cl)cc(Cl)c1)S(C)(=O)=O. The molecule has 1 atom stereocenters. The average molecular weight is 569 g/mol. The van der Waals surface area contributed by atoms with E-state index in [-0.39, 0.29) is 28.2 Å². The van der Waals surface area contributed by atoms with Gasteiger partial charge in [-0.25, -0.2) is 8.42 Å². The van der Waals surface area contributed by atoms with Gasteiger partial charge in [0, 0.05) is 23.1 Å². The van der Waals surface area contributed by atoms with Crippen LogP contribution in [0, 0.1) is 0 Å². The van der Waals surface area contributed by atoms with Crippen LogP contribution in [-0.4, -0.2) is 50.5 Å². The largest absolute Gasteiger partial charge is 0.355 e. The summed E-state index contributed by atoms with van der Waals surface area (Å²) in [5.74, 6) is -0.944. The van der Waals surface area contributed by atoms with Crippen molar-refractivity contribution in [1.29, 1.82) is 0 Å². The highest BCUT2D eigenvalue weighted by atomic mass is 35.5. The number of benzene rings is 2. The summed E-state index contributed by atoms with van der Waals surface area (Å²) in [5, 5.41) is 3.79. The zero-order chi connectivity index (χ0) is 25.6. The molecule has 1 N–H and O–H groups in total. The number of anilines is 1. The van der Waals surface area contributed by atoms with Gasteiger partial charge in [-0.3, -0.25) is 13.9 Å². The summed E-state index contributed by atoms with van der Waals surface area (Å²) in [4.78, 5) is 27.6. The summed E-state index contributed by atoms with van der Waals surface area (Å²) < 4.78 is 26.1. The first-order valence-corrected chi connectivity index (χ1v) is 13.7. The lowest BCUT2D eigenvalue weighted by Gasteiger charge is -2.33. The Balaban J connectivity index is 2.48. The fraction of sp³-hybridized carbons (Fsp3) is 0.364. The zero-order valence-electron chi connectivity index (χ0n) is 18.8. The van der Waals surface area contributed by atoms with Crippen molar-refractivity contribution in [3.05, 3.63) is 62.1 Å². The third kappa shape index (κ3) is 7.65. The number of amides is 2. The maximum absolute atomic E-state index is 13.5. The molecule has 2 aromatic rings. The molecule has 0 heterocycles. The van der Waals surface area contributed by atoms with Crippen LogP contribution in [0.3, 0.4) is 0 Å². The summed E-state index contributed by atoms with van der Waals surface area (Å²) in [7, 11) is -3.90. The third-order valence-electron chi connectivity index (χ3n) is 4.89. The Morgan fingerprint density at radius 2 is 1.59 bits per heavy atom. The first kappa shape index (κ1) is 28.5. The summed E-state index contributed by atoms with van der Waals surface area (Å²) in [6.07, 6.45) is 1.28. The molecule has 2 rings (SSSR count). The molecule has 0 fully saturated rings. The van der Waals surface area contributed by atoms with Crippen molar-refractivity contribution in [2.75, 3.05) is 23.7 Å². The van der Waals surface area contributed by atoms with Gasteiger partial charge >= 0.3 is 0 Å². The molecule has 0 aliphatic heterocycles. The first-order valence-electron chi connectivity index (χ1n) is 10.3. The molecular formula is C22H25Cl4N3O4S. The molecule has 0 aliphatic rings. The van der Waals surface area contributed by atoms with Crippen LogP contribution < -0.4 is 9.62 Å². The van der Waals surface area contributed by atoms with Crippen LogP contribution in [0.5, 0.6) is 0 Å². The van der Waals surface area contributed by atoms with E-state index >= 15 is 0 Å².